The van der Waals surface area contributed by atoms with Gasteiger partial charge in [0.15, 0.2) is 7.28 Å². The minimum atomic E-state index is -0.644. The highest BCUT2D eigenvalue weighted by molar-refractivity contribution is 6.72. The van der Waals surface area contributed by atoms with Crippen LogP contribution in [0.25, 0.3) is 0 Å². The Labute approximate surface area is 202 Å². The predicted octanol–water partition coefficient (Wildman–Crippen LogP) is 3.76. The Kier molecular flexibility index (Phi) is 29.4. The van der Waals surface area contributed by atoms with E-state index >= 15 is 0 Å². The largest absolute Gasteiger partial charge is 0.380 e. The average molecular weight is 472 g/mol. The summed E-state index contributed by atoms with van der Waals surface area (Å²) in [7, 11) is 1.51. The average Bonchev–Trinajstić information content (AvgIpc) is 2.82. The second kappa shape index (κ2) is 26.8. The Bertz CT molecular complexity index is 479. The summed E-state index contributed by atoms with van der Waals surface area (Å²) in [5.41, 5.74) is -0.637. The number of hydrogen-bond donors (Lipinski definition) is 1. The third kappa shape index (κ3) is 25.1. The summed E-state index contributed by atoms with van der Waals surface area (Å²) in [6.07, 6.45) is 2.69. The molecule has 0 aromatic rings. The Hall–Kier alpha value is -1.42. The van der Waals surface area contributed by atoms with E-state index in [1.54, 1.807) is 6.82 Å². The van der Waals surface area contributed by atoms with Gasteiger partial charge in [0.05, 0.1) is 64.0 Å². The molecule has 0 bridgehead atoms. The molecular formula is C24H47BNO7. The summed E-state index contributed by atoms with van der Waals surface area (Å²) < 4.78 is 22.8. The topological polar surface area (TPSA) is 112 Å². The molecule has 1 radical (unpaired) electrons. The van der Waals surface area contributed by atoms with Crippen molar-refractivity contribution in [3.63, 3.8) is 0 Å². The summed E-state index contributed by atoms with van der Waals surface area (Å²) >= 11 is 0. The lowest BCUT2D eigenvalue weighted by molar-refractivity contribution is -0.123. The molecule has 0 aliphatic heterocycles. The minimum Gasteiger partial charge on any atom is -0.380 e. The smallest absolute Gasteiger partial charge is 0.199 e. The van der Waals surface area contributed by atoms with Crippen molar-refractivity contribution >= 4 is 30.7 Å². The number of carbonyl (C=O) groups is 3. The molecule has 0 rings (SSSR count). The lowest BCUT2D eigenvalue weighted by Crippen LogP contribution is -2.42. The van der Waals surface area contributed by atoms with Crippen LogP contribution in [0.4, 0.5) is 0 Å². The monoisotopic (exact) mass is 472 g/mol. The lowest BCUT2D eigenvalue weighted by Gasteiger charge is -2.33. The molecule has 193 valence electrons. The molecule has 0 unspecified atom stereocenters. The zero-order chi connectivity index (χ0) is 26.0. The van der Waals surface area contributed by atoms with Gasteiger partial charge >= 0.3 is 0 Å². The molecular weight excluding hydrogens is 425 g/mol. The van der Waals surface area contributed by atoms with E-state index in [9.17, 15) is 14.4 Å². The first-order chi connectivity index (χ1) is 15.8. The zero-order valence-corrected chi connectivity index (χ0v) is 22.0. The lowest BCUT2D eigenvalue weighted by atomic mass is 9.75. The maximum atomic E-state index is 11.4. The van der Waals surface area contributed by atoms with Crippen molar-refractivity contribution < 1.29 is 33.3 Å². The summed E-state index contributed by atoms with van der Waals surface area (Å²) in [4.78, 5) is 33.7. The SMILES string of the molecule is CC.CC.C[B]C(=O)CCOCC(COCCC=N)(COCCC(C)=O)COCCC(C)=O. The van der Waals surface area contributed by atoms with Gasteiger partial charge in [-0.2, -0.15) is 0 Å². The van der Waals surface area contributed by atoms with Gasteiger partial charge in [-0.25, -0.2) is 0 Å². The van der Waals surface area contributed by atoms with Crippen molar-refractivity contribution in [2.45, 2.75) is 74.0 Å². The van der Waals surface area contributed by atoms with Crippen LogP contribution in [0.2, 0.25) is 6.82 Å². The van der Waals surface area contributed by atoms with Crippen LogP contribution < -0.4 is 0 Å². The van der Waals surface area contributed by atoms with Crippen LogP contribution in [0.1, 0.15) is 67.2 Å². The molecule has 0 aliphatic carbocycles. The molecule has 0 fully saturated rings. The Morgan fingerprint density at radius 1 is 0.727 bits per heavy atom. The van der Waals surface area contributed by atoms with Crippen molar-refractivity contribution in [3.05, 3.63) is 0 Å². The van der Waals surface area contributed by atoms with Crippen LogP contribution in [0.15, 0.2) is 0 Å². The highest BCUT2D eigenvalue weighted by Gasteiger charge is 2.32. The molecule has 9 heteroatoms. The second-order valence-corrected chi connectivity index (χ2v) is 7.11. The molecule has 0 amide bonds. The van der Waals surface area contributed by atoms with Gasteiger partial charge in [0.25, 0.3) is 0 Å². The summed E-state index contributed by atoms with van der Waals surface area (Å²) in [5.74, 6) is 0.0854. The van der Waals surface area contributed by atoms with Gasteiger partial charge in [-0.05, 0) is 20.1 Å². The molecule has 0 aromatic heterocycles. The van der Waals surface area contributed by atoms with Crippen molar-refractivity contribution in [1.29, 1.82) is 5.41 Å². The molecule has 0 heterocycles. The first-order valence-corrected chi connectivity index (χ1v) is 12.0. The highest BCUT2D eigenvalue weighted by atomic mass is 16.5. The second-order valence-electron chi connectivity index (χ2n) is 7.11. The van der Waals surface area contributed by atoms with E-state index in [0.29, 0.717) is 25.9 Å². The fraction of sp³-hybridized carbons (Fsp3) is 0.833. The van der Waals surface area contributed by atoms with Gasteiger partial charge in [0, 0.05) is 25.7 Å². The summed E-state index contributed by atoms with van der Waals surface area (Å²) in [6, 6.07) is 0. The Morgan fingerprint density at radius 2 is 1.09 bits per heavy atom. The molecule has 0 aliphatic rings. The van der Waals surface area contributed by atoms with Crippen LogP contribution in [-0.4, -0.2) is 83.6 Å². The van der Waals surface area contributed by atoms with E-state index in [1.165, 1.54) is 27.3 Å². The normalized spacial score (nSPS) is 10.3. The fourth-order valence-electron chi connectivity index (χ4n) is 2.30. The van der Waals surface area contributed by atoms with Gasteiger partial charge in [0.1, 0.15) is 11.6 Å². The van der Waals surface area contributed by atoms with E-state index in [0.717, 1.165) is 0 Å². The van der Waals surface area contributed by atoms with E-state index in [1.807, 2.05) is 27.7 Å². The Morgan fingerprint density at radius 3 is 1.42 bits per heavy atom. The van der Waals surface area contributed by atoms with Crippen molar-refractivity contribution in [3.8, 4) is 0 Å². The minimum absolute atomic E-state index is 0.00764. The molecule has 0 saturated heterocycles. The number of rotatable bonds is 21. The van der Waals surface area contributed by atoms with Gasteiger partial charge in [0.2, 0.25) is 0 Å². The number of ether oxygens (including phenoxy) is 4. The zero-order valence-electron chi connectivity index (χ0n) is 22.0. The highest BCUT2D eigenvalue weighted by Crippen LogP contribution is 2.21. The number of nitrogens with one attached hydrogen (secondary N) is 1. The van der Waals surface area contributed by atoms with Crippen LogP contribution >= 0.6 is 0 Å². The number of hydrogen-bond acceptors (Lipinski definition) is 8. The van der Waals surface area contributed by atoms with Crippen molar-refractivity contribution in [1.82, 2.24) is 0 Å². The molecule has 0 spiro atoms. The summed E-state index contributed by atoms with van der Waals surface area (Å²) in [6.45, 7) is 14.9. The standard InChI is InChI=1S/C20H35BNO7.2C2H6/c1-17(23)5-10-27-14-20(13-26-9-4-8-22,15-28-11-6-18(2)24)16-29-12-7-19(25)21-3;2*1-2/h8,22H,4-7,9-16H2,1-3H3;2*1-2H3. The van der Waals surface area contributed by atoms with Crippen LogP contribution in [-0.2, 0) is 33.3 Å². The van der Waals surface area contributed by atoms with Gasteiger partial charge in [-0.15, -0.1) is 0 Å². The maximum Gasteiger partial charge on any atom is 0.199 e. The number of ketones is 2. The predicted molar refractivity (Wildman–Crippen MR) is 134 cm³/mol. The number of carbonyl (C=O) groups excluding carboxylic acids is 3. The quantitative estimate of drug-likeness (QED) is 0.154. The molecule has 1 N–H and O–H groups in total. The van der Waals surface area contributed by atoms with E-state index < -0.39 is 5.41 Å². The first kappa shape index (κ1) is 36.2. The Balaban J connectivity index is -0.00000212. The van der Waals surface area contributed by atoms with Crippen LogP contribution in [0.5, 0.6) is 0 Å². The molecule has 0 aromatic carbocycles. The molecule has 0 saturated carbocycles. The third-order valence-corrected chi connectivity index (χ3v) is 4.05. The molecule has 33 heavy (non-hydrogen) atoms. The van der Waals surface area contributed by atoms with Crippen molar-refractivity contribution in [2.24, 2.45) is 5.41 Å². The van der Waals surface area contributed by atoms with E-state index in [-0.39, 0.29) is 69.9 Å². The first-order valence-electron chi connectivity index (χ1n) is 12.0. The van der Waals surface area contributed by atoms with E-state index in [4.69, 9.17) is 24.4 Å². The molecule has 8 nitrogen and oxygen atoms in total. The third-order valence-electron chi connectivity index (χ3n) is 4.05. The summed E-state index contributed by atoms with van der Waals surface area (Å²) in [5, 5.41) is 7.11. The number of Topliss-reactive ketones (excluding diaryl/α,β-unsaturated/α-hetero) is 2. The van der Waals surface area contributed by atoms with Crippen LogP contribution in [0, 0.1) is 10.8 Å². The van der Waals surface area contributed by atoms with Gasteiger partial charge in [-0.3, -0.25) is 9.59 Å². The van der Waals surface area contributed by atoms with Crippen molar-refractivity contribution in [2.75, 3.05) is 52.9 Å². The van der Waals surface area contributed by atoms with Crippen LogP contribution in [0.3, 0.4) is 0 Å². The molecule has 0 atom stereocenters. The fourth-order valence-corrected chi connectivity index (χ4v) is 2.30. The van der Waals surface area contributed by atoms with Gasteiger partial charge in [-0.1, -0.05) is 34.5 Å². The van der Waals surface area contributed by atoms with Gasteiger partial charge < -0.3 is 29.2 Å². The van der Waals surface area contributed by atoms with E-state index in [2.05, 4.69) is 0 Å². The maximum absolute atomic E-state index is 11.4.